The molecule has 10 heteroatoms. The molecule has 0 heterocycles. The Morgan fingerprint density at radius 3 is 1.19 bits per heavy atom. The van der Waals surface area contributed by atoms with Gasteiger partial charge in [0, 0.05) is 0 Å². The topological polar surface area (TPSA) is 139 Å². The van der Waals surface area contributed by atoms with Gasteiger partial charge >= 0.3 is 35.8 Å². The number of rotatable bonds is 16. The molecule has 0 spiro atoms. The first-order valence-electron chi connectivity index (χ1n) is 16.2. The molecule has 0 fully saturated rings. The number of aryl methyl sites for hydroxylation is 2. The molecule has 0 radical (unpaired) electrons. The third kappa shape index (κ3) is 11.0. The zero-order valence-electron chi connectivity index (χ0n) is 27.9. The van der Waals surface area contributed by atoms with E-state index in [0.29, 0.717) is 35.5 Å². The summed E-state index contributed by atoms with van der Waals surface area (Å²) in [6.45, 7) is 8.08. The molecule has 0 aromatic heterocycles. The third-order valence-electron chi connectivity index (χ3n) is 7.53. The monoisotopic (exact) mass is 658 g/mol. The van der Waals surface area contributed by atoms with E-state index in [0.717, 1.165) is 57.4 Å². The maximum absolute atomic E-state index is 12.8. The van der Waals surface area contributed by atoms with Crippen molar-refractivity contribution in [2.24, 2.45) is 0 Å². The highest BCUT2D eigenvalue weighted by Gasteiger charge is 2.21. The minimum atomic E-state index is -1.03. The van der Waals surface area contributed by atoms with Gasteiger partial charge in [-0.15, -0.1) is 0 Å². The van der Waals surface area contributed by atoms with E-state index in [1.165, 1.54) is 54.6 Å². The molecule has 48 heavy (non-hydrogen) atoms. The van der Waals surface area contributed by atoms with Crippen LogP contribution in [0.2, 0.25) is 0 Å². The highest BCUT2D eigenvalue weighted by atomic mass is 16.6. The molecule has 0 saturated heterocycles. The van der Waals surface area contributed by atoms with Crippen molar-refractivity contribution < 1.29 is 47.7 Å². The van der Waals surface area contributed by atoms with Crippen LogP contribution in [0, 0.1) is 13.8 Å². The fourth-order valence-corrected chi connectivity index (χ4v) is 4.76. The van der Waals surface area contributed by atoms with Crippen LogP contribution in [0.15, 0.2) is 60.7 Å². The van der Waals surface area contributed by atoms with Crippen LogP contribution in [0.25, 0.3) is 0 Å². The Hall–Kier alpha value is -5.12. The SMILES string of the molecule is CCCCCCOC(=O)c1ccc(C(=O)OC(=O)c2cccc(C(=O)OC(=O)c3ccc(C(=O)OCCCCCC)c(C)c3)c2)cc1C. The summed E-state index contributed by atoms with van der Waals surface area (Å²) in [4.78, 5) is 75.8. The number of carbonyl (C=O) groups is 6. The van der Waals surface area contributed by atoms with Crippen molar-refractivity contribution in [3.05, 3.63) is 105 Å². The Kier molecular flexibility index (Phi) is 14.7. The summed E-state index contributed by atoms with van der Waals surface area (Å²) in [5, 5.41) is 0. The molecule has 0 bridgehead atoms. The highest BCUT2D eigenvalue weighted by molar-refractivity contribution is 6.06. The maximum atomic E-state index is 12.8. The van der Waals surface area contributed by atoms with Crippen molar-refractivity contribution in [3.8, 4) is 0 Å². The van der Waals surface area contributed by atoms with Crippen LogP contribution in [0.1, 0.15) is 138 Å². The number of benzene rings is 3. The second-order valence-electron chi connectivity index (χ2n) is 11.4. The van der Waals surface area contributed by atoms with Gasteiger partial charge in [-0.1, -0.05) is 58.4 Å². The zero-order chi connectivity index (χ0) is 35.1. The van der Waals surface area contributed by atoms with Crippen molar-refractivity contribution in [3.63, 3.8) is 0 Å². The first-order valence-corrected chi connectivity index (χ1v) is 16.2. The average molecular weight is 659 g/mol. The van der Waals surface area contributed by atoms with Crippen molar-refractivity contribution >= 4 is 35.8 Å². The molecule has 0 saturated carbocycles. The van der Waals surface area contributed by atoms with Crippen LogP contribution >= 0.6 is 0 Å². The molecule has 0 N–H and O–H groups in total. The van der Waals surface area contributed by atoms with Gasteiger partial charge in [0.2, 0.25) is 0 Å². The zero-order valence-corrected chi connectivity index (χ0v) is 27.9. The summed E-state index contributed by atoms with van der Waals surface area (Å²) in [6.07, 6.45) is 7.76. The summed E-state index contributed by atoms with van der Waals surface area (Å²) >= 11 is 0. The van der Waals surface area contributed by atoms with E-state index < -0.39 is 35.8 Å². The van der Waals surface area contributed by atoms with Gasteiger partial charge in [0.15, 0.2) is 0 Å². The van der Waals surface area contributed by atoms with Gasteiger partial charge in [-0.2, -0.15) is 0 Å². The van der Waals surface area contributed by atoms with Crippen LogP contribution in [0.5, 0.6) is 0 Å². The number of carbonyl (C=O) groups excluding carboxylic acids is 6. The highest BCUT2D eigenvalue weighted by Crippen LogP contribution is 2.18. The standard InChI is InChI=1S/C38H42O10/c1-5-7-9-11-20-45-37(43)31-18-16-29(22-25(31)3)35(41)47-33(39)27-14-13-15-28(24-27)34(40)48-36(42)30-17-19-32(26(4)23-30)38(44)46-21-12-10-8-6-2/h13-19,22-24H,5-12,20-21H2,1-4H3. The summed E-state index contributed by atoms with van der Waals surface area (Å²) in [5.74, 6) is -4.96. The molecule has 3 rings (SSSR count). The van der Waals surface area contributed by atoms with Gasteiger partial charge < -0.3 is 18.9 Å². The molecule has 254 valence electrons. The Morgan fingerprint density at radius 2 is 0.833 bits per heavy atom. The van der Waals surface area contributed by atoms with Crippen molar-refractivity contribution in [1.82, 2.24) is 0 Å². The van der Waals surface area contributed by atoms with E-state index >= 15 is 0 Å². The van der Waals surface area contributed by atoms with Crippen molar-refractivity contribution in [2.45, 2.75) is 79.1 Å². The van der Waals surface area contributed by atoms with Crippen molar-refractivity contribution in [2.75, 3.05) is 13.2 Å². The molecule has 0 unspecified atom stereocenters. The molecule has 0 aliphatic carbocycles. The number of hydrogen-bond acceptors (Lipinski definition) is 10. The molecule has 10 nitrogen and oxygen atoms in total. The summed E-state index contributed by atoms with van der Waals surface area (Å²) < 4.78 is 20.6. The van der Waals surface area contributed by atoms with Crippen LogP contribution in [0.4, 0.5) is 0 Å². The number of hydrogen-bond donors (Lipinski definition) is 0. The maximum Gasteiger partial charge on any atom is 0.346 e. The second kappa shape index (κ2) is 18.9. The quantitative estimate of drug-likeness (QED) is 0.0649. The summed E-state index contributed by atoms with van der Waals surface area (Å²) in [6, 6.07) is 13.6. The number of esters is 6. The minimum Gasteiger partial charge on any atom is -0.462 e. The van der Waals surface area contributed by atoms with E-state index in [1.807, 2.05) is 0 Å². The average Bonchev–Trinajstić information content (AvgIpc) is 3.07. The van der Waals surface area contributed by atoms with Crippen LogP contribution in [-0.2, 0) is 18.9 Å². The largest absolute Gasteiger partial charge is 0.462 e. The molecule has 3 aromatic rings. The second-order valence-corrected chi connectivity index (χ2v) is 11.4. The molecule has 0 amide bonds. The van der Waals surface area contributed by atoms with E-state index in [4.69, 9.17) is 18.9 Å². The fraction of sp³-hybridized carbons (Fsp3) is 0.368. The summed E-state index contributed by atoms with van der Waals surface area (Å²) in [5.41, 5.74) is 1.40. The van der Waals surface area contributed by atoms with Gasteiger partial charge in [0.05, 0.1) is 46.6 Å². The lowest BCUT2D eigenvalue weighted by molar-refractivity contribution is 0.0386. The lowest BCUT2D eigenvalue weighted by Crippen LogP contribution is -2.16. The molecular formula is C38H42O10. The van der Waals surface area contributed by atoms with E-state index in [-0.39, 0.29) is 22.3 Å². The Morgan fingerprint density at radius 1 is 0.458 bits per heavy atom. The lowest BCUT2D eigenvalue weighted by atomic mass is 10.1. The van der Waals surface area contributed by atoms with Crippen LogP contribution in [0.3, 0.4) is 0 Å². The molecule has 3 aromatic carbocycles. The van der Waals surface area contributed by atoms with Crippen molar-refractivity contribution in [1.29, 1.82) is 0 Å². The predicted octanol–water partition coefficient (Wildman–Crippen LogP) is 7.77. The third-order valence-corrected chi connectivity index (χ3v) is 7.53. The van der Waals surface area contributed by atoms with Gasteiger partial charge in [-0.05, 0) is 92.4 Å². The predicted molar refractivity (Wildman–Crippen MR) is 177 cm³/mol. The number of ether oxygens (including phenoxy) is 4. The smallest absolute Gasteiger partial charge is 0.346 e. The Bertz CT molecular complexity index is 1520. The summed E-state index contributed by atoms with van der Waals surface area (Å²) in [7, 11) is 0. The van der Waals surface area contributed by atoms with Gasteiger partial charge in [-0.25, -0.2) is 28.8 Å². The first kappa shape index (κ1) is 37.3. The van der Waals surface area contributed by atoms with E-state index in [1.54, 1.807) is 13.8 Å². The molecular weight excluding hydrogens is 616 g/mol. The fourth-order valence-electron chi connectivity index (χ4n) is 4.76. The Labute approximate surface area is 280 Å². The lowest BCUT2D eigenvalue weighted by Gasteiger charge is -2.10. The van der Waals surface area contributed by atoms with Gasteiger partial charge in [0.1, 0.15) is 0 Å². The number of unbranched alkanes of at least 4 members (excludes halogenated alkanes) is 6. The molecule has 0 aliphatic heterocycles. The Balaban J connectivity index is 1.57. The molecule has 0 atom stereocenters. The first-order chi connectivity index (χ1) is 23.0. The normalized spacial score (nSPS) is 10.6. The van der Waals surface area contributed by atoms with E-state index in [9.17, 15) is 28.8 Å². The van der Waals surface area contributed by atoms with Gasteiger partial charge in [0.25, 0.3) is 0 Å². The van der Waals surface area contributed by atoms with Gasteiger partial charge in [-0.3, -0.25) is 0 Å². The minimum absolute atomic E-state index is 0.0445. The van der Waals surface area contributed by atoms with E-state index in [2.05, 4.69) is 13.8 Å². The van der Waals surface area contributed by atoms with Crippen LogP contribution in [-0.4, -0.2) is 49.0 Å². The molecule has 0 aliphatic rings. The van der Waals surface area contributed by atoms with Crippen LogP contribution < -0.4 is 0 Å².